The van der Waals surface area contributed by atoms with Gasteiger partial charge in [-0.1, -0.05) is 12.1 Å². The Bertz CT molecular complexity index is 655. The van der Waals surface area contributed by atoms with Gasteiger partial charge in [-0.2, -0.15) is 0 Å². The molecule has 3 nitrogen and oxygen atoms in total. The number of benzene rings is 2. The number of aryl methyl sites for hydroxylation is 2. The van der Waals surface area contributed by atoms with E-state index in [-0.39, 0.29) is 11.2 Å². The quantitative estimate of drug-likeness (QED) is 0.662. The largest absolute Gasteiger partial charge is 0.399 e. The van der Waals surface area contributed by atoms with Crippen LogP contribution in [0.2, 0.25) is 0 Å². The Labute approximate surface area is 129 Å². The summed E-state index contributed by atoms with van der Waals surface area (Å²) >= 11 is 1.55. The number of nitrogens with one attached hydrogen (secondary N) is 1. The van der Waals surface area contributed by atoms with Crippen LogP contribution in [0.5, 0.6) is 0 Å². The predicted octanol–water partition coefficient (Wildman–Crippen LogP) is 4.00. The molecule has 4 heteroatoms. The molecular weight excluding hydrogens is 280 g/mol. The molecule has 3 N–H and O–H groups in total. The molecule has 2 rings (SSSR count). The van der Waals surface area contributed by atoms with Gasteiger partial charge in [0.15, 0.2) is 0 Å². The number of carbonyl (C=O) groups is 1. The maximum atomic E-state index is 12.2. The monoisotopic (exact) mass is 300 g/mol. The van der Waals surface area contributed by atoms with Crippen molar-refractivity contribution in [1.29, 1.82) is 0 Å². The highest BCUT2D eigenvalue weighted by Crippen LogP contribution is 2.26. The molecule has 0 aliphatic heterocycles. The molecule has 0 aliphatic rings. The van der Waals surface area contributed by atoms with Crippen molar-refractivity contribution in [3.05, 3.63) is 53.6 Å². The van der Waals surface area contributed by atoms with Crippen LogP contribution in [0.1, 0.15) is 18.1 Å². The number of carbonyl (C=O) groups excluding carboxylic acids is 1. The van der Waals surface area contributed by atoms with Gasteiger partial charge in [-0.15, -0.1) is 11.8 Å². The zero-order valence-electron chi connectivity index (χ0n) is 12.5. The van der Waals surface area contributed by atoms with Crippen LogP contribution < -0.4 is 11.1 Å². The Kier molecular flexibility index (Phi) is 4.91. The standard InChI is InChI=1S/C17H20N2OS/c1-11-7-8-16(9-12(11)2)21-13(3)17(20)19-15-6-4-5-14(18)10-15/h4-10,13H,18H2,1-3H3,(H,19,20). The molecule has 2 aromatic carbocycles. The highest BCUT2D eigenvalue weighted by molar-refractivity contribution is 8.00. The lowest BCUT2D eigenvalue weighted by molar-refractivity contribution is -0.115. The van der Waals surface area contributed by atoms with E-state index in [9.17, 15) is 4.79 Å². The molecule has 0 radical (unpaired) electrons. The molecule has 0 saturated carbocycles. The molecule has 0 spiro atoms. The van der Waals surface area contributed by atoms with E-state index in [4.69, 9.17) is 5.73 Å². The van der Waals surface area contributed by atoms with Gasteiger partial charge < -0.3 is 11.1 Å². The molecule has 21 heavy (non-hydrogen) atoms. The summed E-state index contributed by atoms with van der Waals surface area (Å²) in [5.41, 5.74) is 9.58. The maximum Gasteiger partial charge on any atom is 0.237 e. The topological polar surface area (TPSA) is 55.1 Å². The van der Waals surface area contributed by atoms with E-state index < -0.39 is 0 Å². The third-order valence-corrected chi connectivity index (χ3v) is 4.41. The molecular formula is C17H20N2OS. The molecule has 0 heterocycles. The van der Waals surface area contributed by atoms with Gasteiger partial charge in [0, 0.05) is 16.3 Å². The fourth-order valence-electron chi connectivity index (χ4n) is 1.91. The summed E-state index contributed by atoms with van der Waals surface area (Å²) in [7, 11) is 0. The van der Waals surface area contributed by atoms with E-state index in [1.165, 1.54) is 11.1 Å². The average molecular weight is 300 g/mol. The van der Waals surface area contributed by atoms with Gasteiger partial charge in [-0.3, -0.25) is 4.79 Å². The Morgan fingerprint density at radius 2 is 1.90 bits per heavy atom. The molecule has 1 amide bonds. The van der Waals surface area contributed by atoms with Gasteiger partial charge >= 0.3 is 0 Å². The van der Waals surface area contributed by atoms with E-state index >= 15 is 0 Å². The zero-order valence-corrected chi connectivity index (χ0v) is 13.3. The lowest BCUT2D eigenvalue weighted by atomic mass is 10.1. The first kappa shape index (κ1) is 15.4. The summed E-state index contributed by atoms with van der Waals surface area (Å²) in [6.07, 6.45) is 0. The van der Waals surface area contributed by atoms with Crippen LogP contribution in [0.3, 0.4) is 0 Å². The van der Waals surface area contributed by atoms with E-state index in [1.807, 2.05) is 19.1 Å². The fourth-order valence-corrected chi connectivity index (χ4v) is 2.87. The van der Waals surface area contributed by atoms with E-state index in [2.05, 4.69) is 37.4 Å². The summed E-state index contributed by atoms with van der Waals surface area (Å²) in [6, 6.07) is 13.5. The lowest BCUT2D eigenvalue weighted by Crippen LogP contribution is -2.22. The van der Waals surface area contributed by atoms with Crippen LogP contribution in [-0.2, 0) is 4.79 Å². The second-order valence-corrected chi connectivity index (χ2v) is 6.54. The SMILES string of the molecule is Cc1ccc(SC(C)C(=O)Nc2cccc(N)c2)cc1C. The van der Waals surface area contributed by atoms with Crippen molar-refractivity contribution in [2.24, 2.45) is 0 Å². The first-order valence-corrected chi connectivity index (χ1v) is 7.74. The number of rotatable bonds is 4. The van der Waals surface area contributed by atoms with Gasteiger partial charge in [0.1, 0.15) is 0 Å². The summed E-state index contributed by atoms with van der Waals surface area (Å²) in [5.74, 6) is -0.0242. The summed E-state index contributed by atoms with van der Waals surface area (Å²) < 4.78 is 0. The number of hydrogen-bond acceptors (Lipinski definition) is 3. The zero-order chi connectivity index (χ0) is 15.4. The molecule has 0 saturated heterocycles. The van der Waals surface area contributed by atoms with Crippen LogP contribution in [0.15, 0.2) is 47.4 Å². The Balaban J connectivity index is 2.00. The second kappa shape index (κ2) is 6.68. The first-order valence-electron chi connectivity index (χ1n) is 6.86. The first-order chi connectivity index (χ1) is 9.95. The number of thioether (sulfide) groups is 1. The Hall–Kier alpha value is -1.94. The molecule has 1 atom stereocenters. The summed E-state index contributed by atoms with van der Waals surface area (Å²) in [6.45, 7) is 6.07. The van der Waals surface area contributed by atoms with Crippen molar-refractivity contribution in [1.82, 2.24) is 0 Å². The van der Waals surface area contributed by atoms with Crippen LogP contribution >= 0.6 is 11.8 Å². The third-order valence-electron chi connectivity index (χ3n) is 3.31. The van der Waals surface area contributed by atoms with Crippen molar-refractivity contribution in [3.63, 3.8) is 0 Å². The highest BCUT2D eigenvalue weighted by Gasteiger charge is 2.14. The molecule has 1 unspecified atom stereocenters. The van der Waals surface area contributed by atoms with Gasteiger partial charge in [0.25, 0.3) is 0 Å². The number of nitrogens with two attached hydrogens (primary N) is 1. The predicted molar refractivity (Wildman–Crippen MR) is 90.7 cm³/mol. The molecule has 0 fully saturated rings. The van der Waals surface area contributed by atoms with Crippen LogP contribution in [0.25, 0.3) is 0 Å². The van der Waals surface area contributed by atoms with Crippen molar-refractivity contribution < 1.29 is 4.79 Å². The van der Waals surface area contributed by atoms with Crippen LogP contribution in [0, 0.1) is 13.8 Å². The van der Waals surface area contributed by atoms with Gasteiger partial charge in [-0.25, -0.2) is 0 Å². The van der Waals surface area contributed by atoms with Gasteiger partial charge in [0.2, 0.25) is 5.91 Å². The van der Waals surface area contributed by atoms with E-state index in [1.54, 1.807) is 23.9 Å². The van der Waals surface area contributed by atoms with Gasteiger partial charge in [-0.05, 0) is 62.2 Å². The Morgan fingerprint density at radius 3 is 2.57 bits per heavy atom. The van der Waals surface area contributed by atoms with Crippen molar-refractivity contribution >= 4 is 29.0 Å². The van der Waals surface area contributed by atoms with E-state index in [0.717, 1.165) is 10.6 Å². The molecule has 0 aliphatic carbocycles. The minimum atomic E-state index is -0.173. The summed E-state index contributed by atoms with van der Waals surface area (Å²) in [5, 5.41) is 2.72. The molecule has 0 aromatic heterocycles. The molecule has 2 aromatic rings. The number of nitrogen functional groups attached to an aromatic ring is 1. The lowest BCUT2D eigenvalue weighted by Gasteiger charge is -2.13. The smallest absolute Gasteiger partial charge is 0.237 e. The minimum absolute atomic E-state index is 0.0242. The number of anilines is 2. The van der Waals surface area contributed by atoms with Crippen LogP contribution in [-0.4, -0.2) is 11.2 Å². The number of amides is 1. The normalized spacial score (nSPS) is 12.0. The third kappa shape index (κ3) is 4.26. The number of hydrogen-bond donors (Lipinski definition) is 2. The maximum absolute atomic E-state index is 12.2. The fraction of sp³-hybridized carbons (Fsp3) is 0.235. The minimum Gasteiger partial charge on any atom is -0.399 e. The van der Waals surface area contributed by atoms with E-state index in [0.29, 0.717) is 5.69 Å². The Morgan fingerprint density at radius 1 is 1.14 bits per heavy atom. The second-order valence-electron chi connectivity index (χ2n) is 5.12. The van der Waals surface area contributed by atoms with Crippen LogP contribution in [0.4, 0.5) is 11.4 Å². The van der Waals surface area contributed by atoms with Crippen molar-refractivity contribution in [2.75, 3.05) is 11.1 Å². The van der Waals surface area contributed by atoms with Gasteiger partial charge in [0.05, 0.1) is 5.25 Å². The average Bonchev–Trinajstić information content (AvgIpc) is 2.43. The summed E-state index contributed by atoms with van der Waals surface area (Å²) in [4.78, 5) is 13.3. The highest BCUT2D eigenvalue weighted by atomic mass is 32.2. The van der Waals surface area contributed by atoms with Crippen molar-refractivity contribution in [3.8, 4) is 0 Å². The van der Waals surface area contributed by atoms with Crippen molar-refractivity contribution in [2.45, 2.75) is 30.9 Å². The molecule has 0 bridgehead atoms. The molecule has 110 valence electrons.